The highest BCUT2D eigenvalue weighted by molar-refractivity contribution is 6.42. The molecule has 0 aliphatic rings. The Labute approximate surface area is 147 Å². The van der Waals surface area contributed by atoms with E-state index >= 15 is 0 Å². The van der Waals surface area contributed by atoms with E-state index < -0.39 is 16.4 Å². The zero-order valence-corrected chi connectivity index (χ0v) is 14.0. The van der Waals surface area contributed by atoms with Crippen LogP contribution in [0.3, 0.4) is 0 Å². The fourth-order valence-electron chi connectivity index (χ4n) is 2.06. The highest BCUT2D eigenvalue weighted by Crippen LogP contribution is 2.25. The maximum Gasteiger partial charge on any atom is 0.285 e. The van der Waals surface area contributed by atoms with Crippen LogP contribution in [0.4, 0.5) is 5.69 Å². The number of pyridine rings is 1. The number of halogens is 2. The number of hydrogen-bond donors (Lipinski definition) is 1. The van der Waals surface area contributed by atoms with E-state index in [2.05, 4.69) is 5.32 Å². The molecule has 2 rings (SSSR count). The summed E-state index contributed by atoms with van der Waals surface area (Å²) in [5.74, 6) is -0.462. The molecule has 24 heavy (non-hydrogen) atoms. The lowest BCUT2D eigenvalue weighted by molar-refractivity contribution is -0.385. The third kappa shape index (κ3) is 4.33. The zero-order valence-electron chi connectivity index (χ0n) is 12.5. The number of nitro groups is 1. The van der Waals surface area contributed by atoms with Crippen molar-refractivity contribution in [1.29, 1.82) is 0 Å². The summed E-state index contributed by atoms with van der Waals surface area (Å²) >= 11 is 11.8. The lowest BCUT2D eigenvalue weighted by Gasteiger charge is -2.15. The molecule has 0 unspecified atom stereocenters. The fraction of sp³-hybridized carbons (Fsp3) is 0.200. The number of nitrogens with one attached hydrogen (secondary N) is 1. The summed E-state index contributed by atoms with van der Waals surface area (Å²) in [6.07, 6.45) is 1.03. The highest BCUT2D eigenvalue weighted by atomic mass is 35.5. The maximum atomic E-state index is 12.1. The van der Waals surface area contributed by atoms with Crippen LogP contribution in [0, 0.1) is 10.1 Å². The van der Waals surface area contributed by atoms with Gasteiger partial charge in [-0.2, -0.15) is 0 Å². The largest absolute Gasteiger partial charge is 0.348 e. The summed E-state index contributed by atoms with van der Waals surface area (Å²) in [6.45, 7) is 1.42. The van der Waals surface area contributed by atoms with Crippen molar-refractivity contribution in [1.82, 2.24) is 9.88 Å². The second kappa shape index (κ2) is 7.46. The summed E-state index contributed by atoms with van der Waals surface area (Å²) in [5.41, 5.74) is -0.0259. The summed E-state index contributed by atoms with van der Waals surface area (Å²) in [4.78, 5) is 33.9. The summed E-state index contributed by atoms with van der Waals surface area (Å²) in [7, 11) is 0. The van der Waals surface area contributed by atoms with Crippen molar-refractivity contribution in [2.75, 3.05) is 0 Å². The molecule has 126 valence electrons. The molecule has 1 heterocycles. The van der Waals surface area contributed by atoms with Crippen molar-refractivity contribution >= 4 is 34.8 Å². The van der Waals surface area contributed by atoms with Gasteiger partial charge in [-0.25, -0.2) is 0 Å². The van der Waals surface area contributed by atoms with Crippen LogP contribution < -0.4 is 10.9 Å². The third-order valence-electron chi connectivity index (χ3n) is 3.31. The molecule has 7 nitrogen and oxygen atoms in total. The van der Waals surface area contributed by atoms with Crippen molar-refractivity contribution in [3.8, 4) is 0 Å². The van der Waals surface area contributed by atoms with E-state index in [1.54, 1.807) is 25.1 Å². The van der Waals surface area contributed by atoms with Crippen molar-refractivity contribution in [2.24, 2.45) is 0 Å². The first-order valence-electron chi connectivity index (χ1n) is 6.87. The molecule has 1 atom stereocenters. The Morgan fingerprint density at radius 3 is 2.62 bits per heavy atom. The lowest BCUT2D eigenvalue weighted by atomic mass is 10.1. The van der Waals surface area contributed by atoms with Gasteiger partial charge in [-0.1, -0.05) is 29.3 Å². The number of rotatable bonds is 5. The minimum Gasteiger partial charge on any atom is -0.348 e. The van der Waals surface area contributed by atoms with E-state index in [0.717, 1.165) is 28.5 Å². The maximum absolute atomic E-state index is 12.1. The number of aromatic nitrogens is 1. The molecule has 0 aliphatic heterocycles. The van der Waals surface area contributed by atoms with Crippen molar-refractivity contribution in [2.45, 2.75) is 19.5 Å². The Bertz CT molecular complexity index is 851. The normalized spacial score (nSPS) is 11.8. The molecule has 1 amide bonds. The quantitative estimate of drug-likeness (QED) is 0.647. The number of benzene rings is 1. The zero-order chi connectivity index (χ0) is 17.9. The predicted octanol–water partition coefficient (Wildman–Crippen LogP) is 2.94. The first-order chi connectivity index (χ1) is 11.3. The highest BCUT2D eigenvalue weighted by Gasteiger charge is 2.14. The van der Waals surface area contributed by atoms with Crippen LogP contribution in [0.15, 0.2) is 41.3 Å². The van der Waals surface area contributed by atoms with Crippen molar-refractivity contribution in [3.05, 3.63) is 72.6 Å². The summed E-state index contributed by atoms with van der Waals surface area (Å²) < 4.78 is 0.981. The Morgan fingerprint density at radius 1 is 1.29 bits per heavy atom. The number of carbonyl (C=O) groups is 1. The van der Waals surface area contributed by atoms with Gasteiger partial charge in [0.1, 0.15) is 6.54 Å². The minimum atomic E-state index is -0.633. The van der Waals surface area contributed by atoms with E-state index in [0.29, 0.717) is 10.0 Å². The molecule has 1 aromatic heterocycles. The van der Waals surface area contributed by atoms with Crippen molar-refractivity contribution < 1.29 is 9.72 Å². The van der Waals surface area contributed by atoms with Gasteiger partial charge in [-0.3, -0.25) is 24.3 Å². The Morgan fingerprint density at radius 2 is 2.00 bits per heavy atom. The van der Waals surface area contributed by atoms with Gasteiger partial charge in [0.15, 0.2) is 0 Å². The molecule has 1 N–H and O–H groups in total. The number of hydrogen-bond acceptors (Lipinski definition) is 4. The second-order valence-electron chi connectivity index (χ2n) is 5.07. The molecular formula is C15H13Cl2N3O4. The molecule has 0 saturated carbocycles. The van der Waals surface area contributed by atoms with Crippen LogP contribution in [0.25, 0.3) is 0 Å². The third-order valence-corrected chi connectivity index (χ3v) is 4.05. The predicted molar refractivity (Wildman–Crippen MR) is 90.4 cm³/mol. The van der Waals surface area contributed by atoms with E-state index in [9.17, 15) is 19.7 Å². The van der Waals surface area contributed by atoms with Crippen LogP contribution in [0.1, 0.15) is 18.5 Å². The molecule has 0 bridgehead atoms. The molecular weight excluding hydrogens is 357 g/mol. The SMILES string of the molecule is C[C@H](NC(=O)Cn1cc([N+](=O)[O-])ccc1=O)c1ccc(Cl)c(Cl)c1. The van der Waals surface area contributed by atoms with E-state index in [1.807, 2.05) is 0 Å². The first-order valence-corrected chi connectivity index (χ1v) is 7.62. The average molecular weight is 370 g/mol. The molecule has 9 heteroatoms. The number of amides is 1. The van der Waals surface area contributed by atoms with Crippen LogP contribution in [0.5, 0.6) is 0 Å². The topological polar surface area (TPSA) is 94.2 Å². The first kappa shape index (κ1) is 18.0. The van der Waals surface area contributed by atoms with Gasteiger partial charge in [0.25, 0.3) is 11.2 Å². The van der Waals surface area contributed by atoms with E-state index in [4.69, 9.17) is 23.2 Å². The average Bonchev–Trinajstić information content (AvgIpc) is 2.51. The number of nitrogens with zero attached hydrogens (tertiary/aromatic N) is 2. The monoisotopic (exact) mass is 369 g/mol. The lowest BCUT2D eigenvalue weighted by Crippen LogP contribution is -2.33. The Kier molecular flexibility index (Phi) is 5.58. The van der Waals surface area contributed by atoms with Gasteiger partial charge in [0, 0.05) is 12.1 Å². The molecule has 0 saturated heterocycles. The van der Waals surface area contributed by atoms with Gasteiger partial charge in [-0.15, -0.1) is 0 Å². The van der Waals surface area contributed by atoms with E-state index in [1.165, 1.54) is 0 Å². The molecule has 0 radical (unpaired) electrons. The molecule has 0 aliphatic carbocycles. The number of carbonyl (C=O) groups excluding carboxylic acids is 1. The molecule has 2 aromatic rings. The summed E-state index contributed by atoms with van der Waals surface area (Å²) in [6, 6.07) is 6.74. The second-order valence-corrected chi connectivity index (χ2v) is 5.89. The molecule has 0 fully saturated rings. The minimum absolute atomic E-state index is 0.264. The molecule has 1 aromatic carbocycles. The standard InChI is InChI=1S/C15H13Cl2N3O4/c1-9(10-2-4-12(16)13(17)6-10)18-14(21)8-19-7-11(20(23)24)3-5-15(19)22/h2-7,9H,8H2,1H3,(H,18,21)/t9-/m0/s1. The Balaban J connectivity index is 2.10. The van der Waals surface area contributed by atoms with Gasteiger partial charge in [0.05, 0.1) is 27.2 Å². The summed E-state index contributed by atoms with van der Waals surface area (Å²) in [5, 5.41) is 14.2. The van der Waals surface area contributed by atoms with Crippen molar-refractivity contribution in [3.63, 3.8) is 0 Å². The smallest absolute Gasteiger partial charge is 0.285 e. The Hall–Kier alpha value is -2.38. The van der Waals surface area contributed by atoms with E-state index in [-0.39, 0.29) is 18.3 Å². The van der Waals surface area contributed by atoms with Crippen LogP contribution in [0.2, 0.25) is 10.0 Å². The van der Waals surface area contributed by atoms with Gasteiger partial charge in [-0.05, 0) is 24.6 Å². The van der Waals surface area contributed by atoms with Gasteiger partial charge < -0.3 is 5.32 Å². The molecule has 0 spiro atoms. The van der Waals surface area contributed by atoms with Gasteiger partial charge >= 0.3 is 0 Å². The van der Waals surface area contributed by atoms with Gasteiger partial charge in [0.2, 0.25) is 5.91 Å². The fourth-order valence-corrected chi connectivity index (χ4v) is 2.36. The van der Waals surface area contributed by atoms with Crippen LogP contribution in [-0.2, 0) is 11.3 Å². The van der Waals surface area contributed by atoms with Crippen LogP contribution >= 0.6 is 23.2 Å². The van der Waals surface area contributed by atoms with Crippen LogP contribution in [-0.4, -0.2) is 15.4 Å².